The lowest BCUT2D eigenvalue weighted by Crippen LogP contribution is -2.15. The van der Waals surface area contributed by atoms with Gasteiger partial charge in [0, 0.05) is 0 Å². The van der Waals surface area contributed by atoms with Crippen molar-refractivity contribution >= 4 is 46.6 Å². The number of para-hydroxylation sites is 1. The molecule has 0 saturated carbocycles. The van der Waals surface area contributed by atoms with E-state index in [1.807, 2.05) is 12.1 Å². The maximum absolute atomic E-state index is 12.1. The number of rotatable bonds is 6. The zero-order chi connectivity index (χ0) is 16.9. The van der Waals surface area contributed by atoms with Crippen molar-refractivity contribution in [1.29, 1.82) is 0 Å². The highest BCUT2D eigenvalue weighted by Gasteiger charge is 2.13. The molecule has 0 spiro atoms. The Labute approximate surface area is 152 Å². The summed E-state index contributed by atoms with van der Waals surface area (Å²) >= 11 is 13.3. The second kappa shape index (κ2) is 7.74. The van der Waals surface area contributed by atoms with Gasteiger partial charge in [0.25, 0.3) is 0 Å². The van der Waals surface area contributed by atoms with Crippen LogP contribution >= 0.6 is 35.0 Å². The van der Waals surface area contributed by atoms with Gasteiger partial charge in [-0.2, -0.15) is 0 Å². The van der Waals surface area contributed by atoms with Crippen LogP contribution in [-0.2, 0) is 11.3 Å². The number of halogens is 2. The first-order chi connectivity index (χ1) is 11.6. The van der Waals surface area contributed by atoms with Gasteiger partial charge in [0.1, 0.15) is 12.1 Å². The van der Waals surface area contributed by atoms with E-state index < -0.39 is 0 Å². The molecular formula is C15H12Cl2N4O2S. The Kier molecular flexibility index (Phi) is 5.44. The Bertz CT molecular complexity index is 816. The van der Waals surface area contributed by atoms with Crippen molar-refractivity contribution in [2.24, 2.45) is 0 Å². The van der Waals surface area contributed by atoms with Crippen LogP contribution in [0.1, 0.15) is 5.76 Å². The van der Waals surface area contributed by atoms with Gasteiger partial charge < -0.3 is 14.3 Å². The van der Waals surface area contributed by atoms with Crippen molar-refractivity contribution < 1.29 is 9.21 Å². The average Bonchev–Trinajstić information content (AvgIpc) is 3.21. The number of anilines is 1. The van der Waals surface area contributed by atoms with Crippen LogP contribution < -0.4 is 5.32 Å². The molecule has 1 aromatic carbocycles. The Morgan fingerprint density at radius 1 is 1.25 bits per heavy atom. The quantitative estimate of drug-likeness (QED) is 0.653. The zero-order valence-electron chi connectivity index (χ0n) is 12.3. The standard InChI is InChI=1S/C15H12Cl2N4O2S/c16-11-4-1-5-12(17)14(11)19-13(22)8-24-15-20-18-9-21(15)7-10-3-2-6-23-10/h1-6,9H,7-8H2,(H,19,22). The molecule has 0 atom stereocenters. The lowest BCUT2D eigenvalue weighted by molar-refractivity contribution is -0.113. The molecule has 24 heavy (non-hydrogen) atoms. The van der Waals surface area contributed by atoms with Gasteiger partial charge in [0.05, 0.1) is 34.3 Å². The lowest BCUT2D eigenvalue weighted by Gasteiger charge is -2.09. The molecule has 1 amide bonds. The summed E-state index contributed by atoms with van der Waals surface area (Å²) in [6.07, 6.45) is 3.20. The second-order valence-corrected chi connectivity index (χ2v) is 6.51. The topological polar surface area (TPSA) is 73.0 Å². The molecule has 0 aliphatic carbocycles. The summed E-state index contributed by atoms with van der Waals surface area (Å²) in [5.74, 6) is 0.699. The number of furan rings is 1. The van der Waals surface area contributed by atoms with Crippen molar-refractivity contribution in [3.8, 4) is 0 Å². The summed E-state index contributed by atoms with van der Waals surface area (Å²) < 4.78 is 7.10. The first-order valence-electron chi connectivity index (χ1n) is 6.90. The fourth-order valence-corrected chi connectivity index (χ4v) is 3.16. The Morgan fingerprint density at radius 2 is 2.04 bits per heavy atom. The molecule has 124 valence electrons. The van der Waals surface area contributed by atoms with E-state index in [0.29, 0.717) is 27.4 Å². The third-order valence-electron chi connectivity index (χ3n) is 3.05. The molecule has 0 bridgehead atoms. The molecule has 9 heteroatoms. The predicted molar refractivity (Wildman–Crippen MR) is 93.6 cm³/mol. The Morgan fingerprint density at radius 3 is 2.75 bits per heavy atom. The Hall–Kier alpha value is -1.96. The third-order valence-corrected chi connectivity index (χ3v) is 4.66. The molecule has 0 radical (unpaired) electrons. The van der Waals surface area contributed by atoms with Gasteiger partial charge in [0.15, 0.2) is 5.16 Å². The minimum Gasteiger partial charge on any atom is -0.467 e. The van der Waals surface area contributed by atoms with Crippen molar-refractivity contribution in [2.45, 2.75) is 11.7 Å². The number of nitrogens with zero attached hydrogens (tertiary/aromatic N) is 3. The molecule has 3 rings (SSSR count). The summed E-state index contributed by atoms with van der Waals surface area (Å²) in [5.41, 5.74) is 0.406. The lowest BCUT2D eigenvalue weighted by atomic mass is 10.3. The van der Waals surface area contributed by atoms with E-state index in [0.717, 1.165) is 5.76 Å². The van der Waals surface area contributed by atoms with Crippen LogP contribution in [0, 0.1) is 0 Å². The number of carbonyl (C=O) groups is 1. The van der Waals surface area contributed by atoms with Crippen LogP contribution in [0.2, 0.25) is 10.0 Å². The maximum atomic E-state index is 12.1. The van der Waals surface area contributed by atoms with Crippen LogP contribution in [0.5, 0.6) is 0 Å². The number of hydrogen-bond donors (Lipinski definition) is 1. The molecule has 0 fully saturated rings. The van der Waals surface area contributed by atoms with E-state index in [1.165, 1.54) is 11.8 Å². The number of aromatic nitrogens is 3. The molecule has 0 saturated heterocycles. The van der Waals surface area contributed by atoms with E-state index in [-0.39, 0.29) is 11.7 Å². The number of hydrogen-bond acceptors (Lipinski definition) is 5. The van der Waals surface area contributed by atoms with Gasteiger partial charge in [-0.25, -0.2) is 0 Å². The number of benzene rings is 1. The third kappa shape index (κ3) is 4.11. The summed E-state index contributed by atoms with van der Waals surface area (Å²) in [6, 6.07) is 8.71. The molecule has 0 aliphatic heterocycles. The number of thioether (sulfide) groups is 1. The van der Waals surface area contributed by atoms with E-state index in [2.05, 4.69) is 15.5 Å². The highest BCUT2D eigenvalue weighted by molar-refractivity contribution is 7.99. The summed E-state index contributed by atoms with van der Waals surface area (Å²) in [5, 5.41) is 12.0. The van der Waals surface area contributed by atoms with E-state index in [1.54, 1.807) is 35.4 Å². The van der Waals surface area contributed by atoms with Crippen LogP contribution in [0.15, 0.2) is 52.5 Å². The van der Waals surface area contributed by atoms with Gasteiger partial charge >= 0.3 is 0 Å². The highest BCUT2D eigenvalue weighted by Crippen LogP contribution is 2.30. The molecule has 3 aromatic rings. The number of carbonyl (C=O) groups excluding carboxylic acids is 1. The summed E-state index contributed by atoms with van der Waals surface area (Å²) in [6.45, 7) is 0.500. The fraction of sp³-hybridized carbons (Fsp3) is 0.133. The normalized spacial score (nSPS) is 10.8. The predicted octanol–water partition coefficient (Wildman–Crippen LogP) is 3.96. The maximum Gasteiger partial charge on any atom is 0.234 e. The second-order valence-electron chi connectivity index (χ2n) is 4.75. The van der Waals surface area contributed by atoms with Crippen LogP contribution in [-0.4, -0.2) is 26.4 Å². The van der Waals surface area contributed by atoms with Crippen molar-refractivity contribution in [1.82, 2.24) is 14.8 Å². The highest BCUT2D eigenvalue weighted by atomic mass is 35.5. The van der Waals surface area contributed by atoms with Crippen LogP contribution in [0.4, 0.5) is 5.69 Å². The van der Waals surface area contributed by atoms with Crippen LogP contribution in [0.3, 0.4) is 0 Å². The van der Waals surface area contributed by atoms with Gasteiger partial charge in [-0.3, -0.25) is 4.79 Å². The molecule has 0 aliphatic rings. The number of amides is 1. The SMILES string of the molecule is O=C(CSc1nncn1Cc1ccco1)Nc1c(Cl)cccc1Cl. The molecular weight excluding hydrogens is 371 g/mol. The average molecular weight is 383 g/mol. The van der Waals surface area contributed by atoms with Gasteiger partial charge in [-0.15, -0.1) is 10.2 Å². The van der Waals surface area contributed by atoms with Crippen molar-refractivity contribution in [2.75, 3.05) is 11.1 Å². The largest absolute Gasteiger partial charge is 0.467 e. The number of nitrogens with one attached hydrogen (secondary N) is 1. The fourth-order valence-electron chi connectivity index (χ4n) is 1.96. The zero-order valence-corrected chi connectivity index (χ0v) is 14.6. The van der Waals surface area contributed by atoms with E-state index in [9.17, 15) is 4.79 Å². The monoisotopic (exact) mass is 382 g/mol. The van der Waals surface area contributed by atoms with Crippen molar-refractivity contribution in [3.05, 3.63) is 58.7 Å². The first kappa shape index (κ1) is 16.9. The molecule has 2 heterocycles. The minimum atomic E-state index is -0.234. The Balaban J connectivity index is 1.60. The van der Waals surface area contributed by atoms with E-state index in [4.69, 9.17) is 27.6 Å². The minimum absolute atomic E-state index is 0.151. The van der Waals surface area contributed by atoms with Gasteiger partial charge in [-0.05, 0) is 24.3 Å². The van der Waals surface area contributed by atoms with Gasteiger partial charge in [-0.1, -0.05) is 41.0 Å². The van der Waals surface area contributed by atoms with Gasteiger partial charge in [0.2, 0.25) is 5.91 Å². The van der Waals surface area contributed by atoms with Crippen molar-refractivity contribution in [3.63, 3.8) is 0 Å². The van der Waals surface area contributed by atoms with E-state index >= 15 is 0 Å². The molecule has 2 aromatic heterocycles. The first-order valence-corrected chi connectivity index (χ1v) is 8.64. The summed E-state index contributed by atoms with van der Waals surface area (Å²) in [4.78, 5) is 12.1. The molecule has 1 N–H and O–H groups in total. The molecule has 0 unspecified atom stereocenters. The van der Waals surface area contributed by atoms with Crippen LogP contribution in [0.25, 0.3) is 0 Å². The molecule has 6 nitrogen and oxygen atoms in total. The smallest absolute Gasteiger partial charge is 0.234 e. The summed E-state index contributed by atoms with van der Waals surface area (Å²) in [7, 11) is 0.